The SMILES string of the molecule is O=C(NCCc1ccsc1)C1CCNC1. The van der Waals surface area contributed by atoms with Crippen molar-refractivity contribution in [1.29, 1.82) is 0 Å². The number of hydrogen-bond donors (Lipinski definition) is 2. The van der Waals surface area contributed by atoms with E-state index in [1.807, 2.05) is 0 Å². The van der Waals surface area contributed by atoms with Crippen molar-refractivity contribution < 1.29 is 4.79 Å². The number of carbonyl (C=O) groups excluding carboxylic acids is 1. The highest BCUT2D eigenvalue weighted by molar-refractivity contribution is 7.07. The predicted octanol–water partition coefficient (Wildman–Crippen LogP) is 1.02. The van der Waals surface area contributed by atoms with Gasteiger partial charge in [-0.3, -0.25) is 4.79 Å². The lowest BCUT2D eigenvalue weighted by Crippen LogP contribution is -2.33. The molecule has 0 bridgehead atoms. The lowest BCUT2D eigenvalue weighted by atomic mass is 10.1. The van der Waals surface area contributed by atoms with Gasteiger partial charge in [0.25, 0.3) is 0 Å². The molecule has 1 atom stereocenters. The summed E-state index contributed by atoms with van der Waals surface area (Å²) in [7, 11) is 0. The lowest BCUT2D eigenvalue weighted by molar-refractivity contribution is -0.124. The molecule has 2 heterocycles. The van der Waals surface area contributed by atoms with Gasteiger partial charge >= 0.3 is 0 Å². The highest BCUT2D eigenvalue weighted by Gasteiger charge is 2.21. The van der Waals surface area contributed by atoms with Gasteiger partial charge < -0.3 is 10.6 Å². The summed E-state index contributed by atoms with van der Waals surface area (Å²) < 4.78 is 0. The van der Waals surface area contributed by atoms with E-state index in [4.69, 9.17) is 0 Å². The minimum Gasteiger partial charge on any atom is -0.355 e. The molecule has 1 amide bonds. The summed E-state index contributed by atoms with van der Waals surface area (Å²) in [6.07, 6.45) is 1.92. The molecule has 2 rings (SSSR count). The van der Waals surface area contributed by atoms with Crippen LogP contribution in [0.4, 0.5) is 0 Å². The van der Waals surface area contributed by atoms with E-state index in [0.29, 0.717) is 0 Å². The van der Waals surface area contributed by atoms with E-state index in [-0.39, 0.29) is 11.8 Å². The van der Waals surface area contributed by atoms with Gasteiger partial charge in [-0.25, -0.2) is 0 Å². The zero-order chi connectivity index (χ0) is 10.5. The molecule has 1 aliphatic rings. The fourth-order valence-electron chi connectivity index (χ4n) is 1.79. The molecule has 3 nitrogen and oxygen atoms in total. The van der Waals surface area contributed by atoms with E-state index in [0.717, 1.165) is 32.5 Å². The van der Waals surface area contributed by atoms with Gasteiger partial charge in [0, 0.05) is 13.1 Å². The van der Waals surface area contributed by atoms with Crippen molar-refractivity contribution in [2.24, 2.45) is 5.92 Å². The van der Waals surface area contributed by atoms with E-state index in [1.54, 1.807) is 11.3 Å². The first-order valence-corrected chi connectivity index (χ1v) is 6.30. The van der Waals surface area contributed by atoms with Crippen molar-refractivity contribution in [3.63, 3.8) is 0 Å². The quantitative estimate of drug-likeness (QED) is 0.801. The van der Waals surface area contributed by atoms with Crippen LogP contribution < -0.4 is 10.6 Å². The Kier molecular flexibility index (Phi) is 3.75. The Labute approximate surface area is 93.9 Å². The van der Waals surface area contributed by atoms with E-state index in [9.17, 15) is 4.79 Å². The second kappa shape index (κ2) is 5.28. The lowest BCUT2D eigenvalue weighted by Gasteiger charge is -2.08. The van der Waals surface area contributed by atoms with E-state index >= 15 is 0 Å². The summed E-state index contributed by atoms with van der Waals surface area (Å²) in [5.74, 6) is 0.391. The van der Waals surface area contributed by atoms with Crippen LogP contribution in [0.25, 0.3) is 0 Å². The number of nitrogens with one attached hydrogen (secondary N) is 2. The van der Waals surface area contributed by atoms with E-state index in [2.05, 4.69) is 27.5 Å². The Morgan fingerprint density at radius 1 is 1.67 bits per heavy atom. The molecule has 15 heavy (non-hydrogen) atoms. The Morgan fingerprint density at radius 2 is 2.60 bits per heavy atom. The van der Waals surface area contributed by atoms with Gasteiger partial charge in [0.2, 0.25) is 5.91 Å². The van der Waals surface area contributed by atoms with Gasteiger partial charge in [-0.05, 0) is 41.8 Å². The monoisotopic (exact) mass is 224 g/mol. The molecule has 82 valence electrons. The molecule has 1 saturated heterocycles. The van der Waals surface area contributed by atoms with Crippen LogP contribution in [-0.4, -0.2) is 25.5 Å². The number of rotatable bonds is 4. The third-order valence-corrected chi connectivity index (χ3v) is 3.46. The summed E-state index contributed by atoms with van der Waals surface area (Å²) in [4.78, 5) is 11.6. The van der Waals surface area contributed by atoms with Crippen LogP contribution in [0.1, 0.15) is 12.0 Å². The van der Waals surface area contributed by atoms with Crippen molar-refractivity contribution in [3.05, 3.63) is 22.4 Å². The highest BCUT2D eigenvalue weighted by Crippen LogP contribution is 2.08. The minimum atomic E-state index is 0.187. The van der Waals surface area contributed by atoms with Gasteiger partial charge in [-0.15, -0.1) is 0 Å². The van der Waals surface area contributed by atoms with E-state index in [1.165, 1.54) is 5.56 Å². The van der Waals surface area contributed by atoms with Crippen LogP contribution in [0.3, 0.4) is 0 Å². The molecule has 0 radical (unpaired) electrons. The first-order valence-electron chi connectivity index (χ1n) is 5.36. The fraction of sp³-hybridized carbons (Fsp3) is 0.545. The molecular weight excluding hydrogens is 208 g/mol. The number of amides is 1. The van der Waals surface area contributed by atoms with Gasteiger partial charge in [-0.1, -0.05) is 0 Å². The summed E-state index contributed by atoms with van der Waals surface area (Å²) in [6, 6.07) is 2.11. The minimum absolute atomic E-state index is 0.187. The standard InChI is InChI=1S/C11H16N2OS/c14-11(10-2-4-12-7-10)13-5-1-9-3-6-15-8-9/h3,6,8,10,12H,1-2,4-5,7H2,(H,13,14). The third kappa shape index (κ3) is 3.04. The summed E-state index contributed by atoms with van der Waals surface area (Å²) in [5.41, 5.74) is 1.31. The summed E-state index contributed by atoms with van der Waals surface area (Å²) in [5, 5.41) is 10.4. The molecule has 0 aliphatic carbocycles. The molecule has 0 spiro atoms. The van der Waals surface area contributed by atoms with Gasteiger partial charge in [-0.2, -0.15) is 11.3 Å². The number of hydrogen-bond acceptors (Lipinski definition) is 3. The fourth-order valence-corrected chi connectivity index (χ4v) is 2.49. The maximum atomic E-state index is 11.6. The molecule has 1 fully saturated rings. The van der Waals surface area contributed by atoms with Gasteiger partial charge in [0.05, 0.1) is 5.92 Å². The maximum absolute atomic E-state index is 11.6. The van der Waals surface area contributed by atoms with Crippen LogP contribution in [0.15, 0.2) is 16.8 Å². The Hall–Kier alpha value is -0.870. The molecule has 4 heteroatoms. The maximum Gasteiger partial charge on any atom is 0.224 e. The highest BCUT2D eigenvalue weighted by atomic mass is 32.1. The Balaban J connectivity index is 1.67. The van der Waals surface area contributed by atoms with Crippen molar-refractivity contribution in [1.82, 2.24) is 10.6 Å². The second-order valence-corrected chi connectivity index (χ2v) is 4.64. The predicted molar refractivity (Wildman–Crippen MR) is 62.0 cm³/mol. The van der Waals surface area contributed by atoms with Crippen molar-refractivity contribution in [2.75, 3.05) is 19.6 Å². The van der Waals surface area contributed by atoms with Crippen LogP contribution in [0.5, 0.6) is 0 Å². The smallest absolute Gasteiger partial charge is 0.224 e. The summed E-state index contributed by atoms with van der Waals surface area (Å²) in [6.45, 7) is 2.57. The molecule has 0 aromatic carbocycles. The van der Waals surface area contributed by atoms with Crippen LogP contribution in [0.2, 0.25) is 0 Å². The second-order valence-electron chi connectivity index (χ2n) is 3.86. The molecular formula is C11H16N2OS. The van der Waals surface area contributed by atoms with Gasteiger partial charge in [0.15, 0.2) is 0 Å². The van der Waals surface area contributed by atoms with Crippen molar-refractivity contribution in [2.45, 2.75) is 12.8 Å². The molecule has 1 aromatic heterocycles. The third-order valence-electron chi connectivity index (χ3n) is 2.72. The Bertz CT molecular complexity index is 304. The summed E-state index contributed by atoms with van der Waals surface area (Å²) >= 11 is 1.70. The first-order chi connectivity index (χ1) is 7.36. The van der Waals surface area contributed by atoms with Crippen LogP contribution in [0, 0.1) is 5.92 Å². The first kappa shape index (κ1) is 10.6. The number of thiophene rings is 1. The van der Waals surface area contributed by atoms with Gasteiger partial charge in [0.1, 0.15) is 0 Å². The van der Waals surface area contributed by atoms with Crippen LogP contribution >= 0.6 is 11.3 Å². The molecule has 2 N–H and O–H groups in total. The number of carbonyl (C=O) groups is 1. The molecule has 1 aromatic rings. The van der Waals surface area contributed by atoms with E-state index < -0.39 is 0 Å². The van der Waals surface area contributed by atoms with Crippen LogP contribution in [-0.2, 0) is 11.2 Å². The normalized spacial score (nSPS) is 20.4. The Morgan fingerprint density at radius 3 is 3.27 bits per heavy atom. The van der Waals surface area contributed by atoms with Crippen molar-refractivity contribution in [3.8, 4) is 0 Å². The van der Waals surface area contributed by atoms with Crippen molar-refractivity contribution >= 4 is 17.2 Å². The largest absolute Gasteiger partial charge is 0.355 e. The molecule has 0 saturated carbocycles. The average molecular weight is 224 g/mol. The molecule has 1 aliphatic heterocycles. The molecule has 1 unspecified atom stereocenters. The average Bonchev–Trinajstić information content (AvgIpc) is 2.90. The zero-order valence-corrected chi connectivity index (χ0v) is 9.48. The zero-order valence-electron chi connectivity index (χ0n) is 8.66. The topological polar surface area (TPSA) is 41.1 Å².